The number of anilines is 1. The number of azo groups is 2. The smallest absolute Gasteiger partial charge is 0.330 e. The van der Waals surface area contributed by atoms with Crippen LogP contribution in [0, 0.1) is 0 Å². The number of nitrogens with zero attached hydrogens (tertiary/aromatic N) is 6. The van der Waals surface area contributed by atoms with Crippen molar-refractivity contribution in [2.24, 2.45) is 20.5 Å². The van der Waals surface area contributed by atoms with Gasteiger partial charge in [0.25, 0.3) is 0 Å². The minimum Gasteiger partial charge on any atom is -0.494 e. The third kappa shape index (κ3) is 10.6. The Morgan fingerprint density at radius 2 is 1.43 bits per heavy atom. The van der Waals surface area contributed by atoms with Gasteiger partial charge in [-0.15, -0.1) is 20.5 Å². The zero-order chi connectivity index (χ0) is 31.0. The Bertz CT molecular complexity index is 1480. The van der Waals surface area contributed by atoms with Crippen molar-refractivity contribution in [3.05, 3.63) is 67.3 Å². The van der Waals surface area contributed by atoms with Crippen LogP contribution in [0.2, 0.25) is 0 Å². The molecule has 0 aliphatic carbocycles. The predicted octanol–water partition coefficient (Wildman–Crippen LogP) is 10.9. The average Bonchev–Trinajstić information content (AvgIpc) is 3.62. The fourth-order valence-electron chi connectivity index (χ4n) is 4.45. The van der Waals surface area contributed by atoms with E-state index in [4.69, 9.17) is 9.47 Å². The van der Waals surface area contributed by atoms with Crippen molar-refractivity contribution in [1.29, 1.82) is 0 Å². The lowest BCUT2D eigenvalue weighted by atomic mass is 10.1. The summed E-state index contributed by atoms with van der Waals surface area (Å²) in [6.45, 7) is 10.8. The fraction of sp³-hybridized carbons (Fsp3) is 0.394. The highest BCUT2D eigenvalue weighted by molar-refractivity contribution is 7.30. The van der Waals surface area contributed by atoms with Crippen molar-refractivity contribution >= 4 is 65.4 Å². The van der Waals surface area contributed by atoms with Crippen LogP contribution in [-0.2, 0) is 9.53 Å². The molecule has 0 bridgehead atoms. The SMILES string of the molecule is C=CC(=O)OCCCCCCCCCOc1ccc(N=Nc2cc3sc(N=Nc4ccc(N(CC)CC)cc4)nc3s2)cc1. The molecule has 0 atom stereocenters. The topological polar surface area (TPSA) is 101 Å². The standard InChI is InChI=1S/C33H40N6O3S2/c1-4-31(40)42-23-13-11-9-7-8-10-12-22-41-28-20-16-26(17-21-28)35-37-30-24-29-32(44-30)34-33(43-29)38-36-25-14-18-27(19-15-25)39(5-2)6-3/h4,14-21,24H,1,5-13,22-23H2,2-3H3. The lowest BCUT2D eigenvalue weighted by Crippen LogP contribution is -2.21. The number of benzene rings is 2. The first-order chi connectivity index (χ1) is 21.6. The van der Waals surface area contributed by atoms with E-state index in [-0.39, 0.29) is 5.97 Å². The molecule has 4 rings (SSSR count). The van der Waals surface area contributed by atoms with Crippen LogP contribution in [-0.4, -0.2) is 37.3 Å². The Hall–Kier alpha value is -3.96. The number of fused-ring (bicyclic) bond motifs is 1. The molecule has 0 aliphatic heterocycles. The second kappa shape index (κ2) is 18.0. The first kappa shape index (κ1) is 32.9. The van der Waals surface area contributed by atoms with Crippen LogP contribution in [0.15, 0.2) is 87.7 Å². The fourth-order valence-corrected chi connectivity index (χ4v) is 6.30. The Morgan fingerprint density at radius 3 is 2.07 bits per heavy atom. The van der Waals surface area contributed by atoms with Gasteiger partial charge >= 0.3 is 5.97 Å². The van der Waals surface area contributed by atoms with E-state index in [1.54, 1.807) is 0 Å². The van der Waals surface area contributed by atoms with Gasteiger partial charge in [0.05, 0.1) is 29.3 Å². The molecule has 0 fully saturated rings. The van der Waals surface area contributed by atoms with Crippen LogP contribution in [0.1, 0.15) is 58.8 Å². The number of hydrogen-bond donors (Lipinski definition) is 0. The molecule has 2 heterocycles. The Morgan fingerprint density at radius 1 is 0.818 bits per heavy atom. The van der Waals surface area contributed by atoms with Gasteiger partial charge in [-0.3, -0.25) is 0 Å². The monoisotopic (exact) mass is 632 g/mol. The van der Waals surface area contributed by atoms with Crippen molar-refractivity contribution in [2.75, 3.05) is 31.2 Å². The maximum absolute atomic E-state index is 11.0. The quantitative estimate of drug-likeness (QED) is 0.0443. The number of thiazole rings is 1. The van der Waals surface area contributed by atoms with Crippen LogP contribution in [0.25, 0.3) is 9.53 Å². The normalized spacial score (nSPS) is 11.5. The molecule has 0 radical (unpaired) electrons. The number of esters is 1. The molecule has 0 unspecified atom stereocenters. The Kier molecular flexibility index (Phi) is 13.5. The van der Waals surface area contributed by atoms with Gasteiger partial charge in [-0.25, -0.2) is 9.78 Å². The van der Waals surface area contributed by atoms with Crippen molar-refractivity contribution in [3.8, 4) is 5.75 Å². The molecule has 0 saturated carbocycles. The number of ether oxygens (including phenoxy) is 2. The summed E-state index contributed by atoms with van der Waals surface area (Å²) in [6, 6.07) is 17.8. The summed E-state index contributed by atoms with van der Waals surface area (Å²) in [4.78, 5) is 18.7. The molecule has 11 heteroatoms. The molecule has 2 aromatic heterocycles. The summed E-state index contributed by atoms with van der Waals surface area (Å²) < 4.78 is 11.9. The number of unbranched alkanes of at least 4 members (excludes halogenated alkanes) is 6. The zero-order valence-electron chi connectivity index (χ0n) is 25.5. The van der Waals surface area contributed by atoms with Gasteiger partial charge in [0.2, 0.25) is 5.13 Å². The van der Waals surface area contributed by atoms with Crippen molar-refractivity contribution < 1.29 is 14.3 Å². The van der Waals surface area contributed by atoms with Crippen LogP contribution < -0.4 is 9.64 Å². The van der Waals surface area contributed by atoms with Gasteiger partial charge in [0.15, 0.2) is 0 Å². The van der Waals surface area contributed by atoms with Crippen molar-refractivity contribution in [1.82, 2.24) is 4.98 Å². The summed E-state index contributed by atoms with van der Waals surface area (Å²) in [5.74, 6) is 0.489. The summed E-state index contributed by atoms with van der Waals surface area (Å²) >= 11 is 2.97. The second-order valence-corrected chi connectivity index (χ2v) is 12.0. The van der Waals surface area contributed by atoms with Gasteiger partial charge in [0, 0.05) is 24.9 Å². The molecular formula is C33H40N6O3S2. The van der Waals surface area contributed by atoms with E-state index in [1.807, 2.05) is 42.5 Å². The summed E-state index contributed by atoms with van der Waals surface area (Å²) in [6.07, 6.45) is 8.87. The third-order valence-corrected chi connectivity index (χ3v) is 8.79. The zero-order valence-corrected chi connectivity index (χ0v) is 27.1. The van der Waals surface area contributed by atoms with Crippen LogP contribution in [0.3, 0.4) is 0 Å². The minimum atomic E-state index is -0.344. The van der Waals surface area contributed by atoms with Crippen molar-refractivity contribution in [2.45, 2.75) is 58.8 Å². The molecule has 9 nitrogen and oxygen atoms in total. The number of rotatable bonds is 19. The number of carbonyl (C=O) groups is 1. The van der Waals surface area contributed by atoms with E-state index in [9.17, 15) is 4.79 Å². The van der Waals surface area contributed by atoms with E-state index < -0.39 is 0 Å². The van der Waals surface area contributed by atoms with E-state index in [0.29, 0.717) is 18.3 Å². The van der Waals surface area contributed by atoms with Crippen LogP contribution in [0.4, 0.5) is 27.2 Å². The molecule has 0 N–H and O–H groups in total. The van der Waals surface area contributed by atoms with Crippen LogP contribution >= 0.6 is 22.7 Å². The molecule has 44 heavy (non-hydrogen) atoms. The summed E-state index contributed by atoms with van der Waals surface area (Å²) in [5.41, 5.74) is 2.75. The number of thiophene rings is 1. The predicted molar refractivity (Wildman–Crippen MR) is 181 cm³/mol. The van der Waals surface area contributed by atoms with Gasteiger partial charge in [0.1, 0.15) is 15.6 Å². The largest absolute Gasteiger partial charge is 0.494 e. The second-order valence-electron chi connectivity index (χ2n) is 10.0. The molecule has 0 saturated heterocycles. The van der Waals surface area contributed by atoms with E-state index in [1.165, 1.54) is 47.3 Å². The number of aromatic nitrogens is 1. The van der Waals surface area contributed by atoms with E-state index in [2.05, 4.69) is 62.9 Å². The molecule has 0 amide bonds. The minimum absolute atomic E-state index is 0.344. The first-order valence-corrected chi connectivity index (χ1v) is 16.8. The summed E-state index contributed by atoms with van der Waals surface area (Å²) in [5, 5.41) is 18.9. The number of carbonyl (C=O) groups excluding carboxylic acids is 1. The van der Waals surface area contributed by atoms with E-state index in [0.717, 1.165) is 76.8 Å². The molecule has 0 aliphatic rings. The van der Waals surface area contributed by atoms with Gasteiger partial charge in [-0.2, -0.15) is 0 Å². The maximum atomic E-state index is 11.0. The maximum Gasteiger partial charge on any atom is 0.330 e. The lowest BCUT2D eigenvalue weighted by molar-refractivity contribution is -0.137. The third-order valence-electron chi connectivity index (χ3n) is 6.86. The summed E-state index contributed by atoms with van der Waals surface area (Å²) in [7, 11) is 0. The van der Waals surface area contributed by atoms with Gasteiger partial charge in [-0.1, -0.05) is 61.4 Å². The highest BCUT2D eigenvalue weighted by atomic mass is 32.1. The highest BCUT2D eigenvalue weighted by Crippen LogP contribution is 2.39. The van der Waals surface area contributed by atoms with Crippen LogP contribution in [0.5, 0.6) is 5.75 Å². The molecule has 0 spiro atoms. The van der Waals surface area contributed by atoms with E-state index >= 15 is 0 Å². The highest BCUT2D eigenvalue weighted by Gasteiger charge is 2.09. The number of hydrogen-bond acceptors (Lipinski definition) is 11. The molecule has 4 aromatic rings. The molecule has 232 valence electrons. The lowest BCUT2D eigenvalue weighted by Gasteiger charge is -2.20. The molecule has 2 aromatic carbocycles. The molecular weight excluding hydrogens is 593 g/mol. The van der Waals surface area contributed by atoms with Crippen molar-refractivity contribution in [3.63, 3.8) is 0 Å². The first-order valence-electron chi connectivity index (χ1n) is 15.2. The van der Waals surface area contributed by atoms with Gasteiger partial charge in [-0.05, 0) is 81.3 Å². The Labute approximate surface area is 267 Å². The van der Waals surface area contributed by atoms with Gasteiger partial charge < -0.3 is 14.4 Å². The average molecular weight is 633 g/mol. The Balaban J connectivity index is 1.14.